The van der Waals surface area contributed by atoms with Gasteiger partial charge in [0.25, 0.3) is 5.92 Å². The molecule has 1 fully saturated rings. The molecule has 0 aromatic heterocycles. The van der Waals surface area contributed by atoms with E-state index < -0.39 is 29.0 Å². The molecule has 0 aliphatic carbocycles. The van der Waals surface area contributed by atoms with Crippen LogP contribution in [0.15, 0.2) is 18.2 Å². The van der Waals surface area contributed by atoms with Gasteiger partial charge in [0.05, 0.1) is 0 Å². The second kappa shape index (κ2) is 4.64. The third-order valence-corrected chi connectivity index (χ3v) is 3.16. The van der Waals surface area contributed by atoms with Gasteiger partial charge in [0.2, 0.25) is 0 Å². The summed E-state index contributed by atoms with van der Waals surface area (Å²) in [5.41, 5.74) is -0.441. The van der Waals surface area contributed by atoms with Crippen molar-refractivity contribution in [3.63, 3.8) is 0 Å². The third-order valence-electron chi connectivity index (χ3n) is 3.16. The van der Waals surface area contributed by atoms with Crippen molar-refractivity contribution in [3.8, 4) is 0 Å². The van der Waals surface area contributed by atoms with Crippen molar-refractivity contribution in [2.75, 3.05) is 13.1 Å². The van der Waals surface area contributed by atoms with Gasteiger partial charge in [-0.3, -0.25) is 0 Å². The molecular formula is C12H13F4N. The maximum atomic E-state index is 14.0. The summed E-state index contributed by atoms with van der Waals surface area (Å²) in [5.74, 6) is -6.24. The van der Waals surface area contributed by atoms with Crippen LogP contribution in [0.1, 0.15) is 18.4 Å². The Kier molecular flexibility index (Phi) is 3.38. The van der Waals surface area contributed by atoms with Gasteiger partial charge in [0, 0.05) is 11.5 Å². The zero-order valence-electron chi connectivity index (χ0n) is 9.15. The summed E-state index contributed by atoms with van der Waals surface area (Å²) in [6.07, 6.45) is 0.679. The van der Waals surface area contributed by atoms with Gasteiger partial charge in [-0.2, -0.15) is 0 Å². The monoisotopic (exact) mass is 247 g/mol. The van der Waals surface area contributed by atoms with Crippen LogP contribution in [-0.2, 0) is 5.92 Å². The van der Waals surface area contributed by atoms with E-state index in [0.29, 0.717) is 32.0 Å². The van der Waals surface area contributed by atoms with Gasteiger partial charge in [0.15, 0.2) is 11.6 Å². The van der Waals surface area contributed by atoms with Crippen LogP contribution in [0.4, 0.5) is 17.6 Å². The van der Waals surface area contributed by atoms with Gasteiger partial charge in [-0.15, -0.1) is 0 Å². The second-order valence-corrected chi connectivity index (χ2v) is 4.28. The molecule has 0 amide bonds. The Bertz CT molecular complexity index is 399. The molecule has 1 nitrogen and oxygen atoms in total. The summed E-state index contributed by atoms with van der Waals surface area (Å²) < 4.78 is 53.7. The van der Waals surface area contributed by atoms with Crippen LogP contribution in [0, 0.1) is 17.6 Å². The van der Waals surface area contributed by atoms with Gasteiger partial charge >= 0.3 is 0 Å². The van der Waals surface area contributed by atoms with Crippen LogP contribution in [0.25, 0.3) is 0 Å². The first-order chi connectivity index (χ1) is 8.01. The highest BCUT2D eigenvalue weighted by molar-refractivity contribution is 5.23. The van der Waals surface area contributed by atoms with Crippen molar-refractivity contribution in [1.29, 1.82) is 0 Å². The van der Waals surface area contributed by atoms with E-state index in [9.17, 15) is 17.6 Å². The molecule has 1 aliphatic heterocycles. The summed E-state index contributed by atoms with van der Waals surface area (Å²) in [4.78, 5) is 0. The number of hydrogen-bond acceptors (Lipinski definition) is 1. The van der Waals surface area contributed by atoms with E-state index in [-0.39, 0.29) is 0 Å². The van der Waals surface area contributed by atoms with Crippen molar-refractivity contribution in [1.82, 2.24) is 5.32 Å². The average Bonchev–Trinajstić information content (AvgIpc) is 2.33. The molecule has 1 saturated heterocycles. The zero-order chi connectivity index (χ0) is 12.5. The quantitative estimate of drug-likeness (QED) is 0.792. The maximum absolute atomic E-state index is 14.0. The number of piperidine rings is 1. The van der Waals surface area contributed by atoms with Crippen LogP contribution in [0.5, 0.6) is 0 Å². The molecule has 0 spiro atoms. The summed E-state index contributed by atoms with van der Waals surface area (Å²) >= 11 is 0. The molecule has 1 aliphatic rings. The van der Waals surface area contributed by atoms with Gasteiger partial charge in [-0.05, 0) is 44.1 Å². The van der Waals surface area contributed by atoms with Crippen LogP contribution >= 0.6 is 0 Å². The molecule has 0 unspecified atom stereocenters. The summed E-state index contributed by atoms with van der Waals surface area (Å²) in [6.45, 7) is 1.06. The molecule has 5 heteroatoms. The van der Waals surface area contributed by atoms with Gasteiger partial charge < -0.3 is 5.32 Å². The number of nitrogens with one attached hydrogen (secondary N) is 1. The van der Waals surface area contributed by atoms with Gasteiger partial charge in [-0.25, -0.2) is 17.6 Å². The molecule has 0 atom stereocenters. The average molecular weight is 247 g/mol. The lowest BCUT2D eigenvalue weighted by Crippen LogP contribution is -2.36. The van der Waals surface area contributed by atoms with Gasteiger partial charge in [0.1, 0.15) is 0 Å². The number of rotatable bonds is 2. The molecule has 1 aromatic rings. The van der Waals surface area contributed by atoms with Crippen molar-refractivity contribution < 1.29 is 17.6 Å². The highest BCUT2D eigenvalue weighted by Crippen LogP contribution is 2.40. The van der Waals surface area contributed by atoms with Crippen LogP contribution in [0.3, 0.4) is 0 Å². The molecule has 0 bridgehead atoms. The second-order valence-electron chi connectivity index (χ2n) is 4.28. The molecule has 1 aromatic carbocycles. The minimum atomic E-state index is -3.10. The largest absolute Gasteiger partial charge is 0.317 e. The maximum Gasteiger partial charge on any atom is 0.276 e. The van der Waals surface area contributed by atoms with Crippen molar-refractivity contribution in [3.05, 3.63) is 35.4 Å². The fourth-order valence-electron chi connectivity index (χ4n) is 2.12. The normalized spacial score (nSPS) is 18.4. The smallest absolute Gasteiger partial charge is 0.276 e. The molecule has 1 N–H and O–H groups in total. The molecule has 1 heterocycles. The fraction of sp³-hybridized carbons (Fsp3) is 0.500. The number of alkyl halides is 2. The lowest BCUT2D eigenvalue weighted by Gasteiger charge is -2.30. The molecule has 0 saturated carbocycles. The van der Waals surface area contributed by atoms with Crippen LogP contribution < -0.4 is 5.32 Å². The summed E-state index contributed by atoms with van der Waals surface area (Å²) in [7, 11) is 0. The Morgan fingerprint density at radius 3 is 2.29 bits per heavy atom. The van der Waals surface area contributed by atoms with Crippen molar-refractivity contribution in [2.24, 2.45) is 5.92 Å². The minimum absolute atomic E-state index is 0.339. The molecule has 17 heavy (non-hydrogen) atoms. The fourth-order valence-corrected chi connectivity index (χ4v) is 2.12. The molecule has 2 rings (SSSR count). The molecule has 0 radical (unpaired) electrons. The zero-order valence-corrected chi connectivity index (χ0v) is 9.15. The lowest BCUT2D eigenvalue weighted by atomic mass is 9.87. The Labute approximate surface area is 96.8 Å². The Hall–Kier alpha value is -1.10. The topological polar surface area (TPSA) is 12.0 Å². The minimum Gasteiger partial charge on any atom is -0.317 e. The first kappa shape index (κ1) is 12.4. The Balaban J connectivity index is 2.26. The predicted octanol–water partition coefficient (Wildman–Crippen LogP) is 3.06. The third kappa shape index (κ3) is 2.44. The van der Waals surface area contributed by atoms with Crippen LogP contribution in [0.2, 0.25) is 0 Å². The van der Waals surface area contributed by atoms with Crippen LogP contribution in [-0.4, -0.2) is 13.1 Å². The number of halogens is 4. The number of benzene rings is 1. The predicted molar refractivity (Wildman–Crippen MR) is 55.8 cm³/mol. The van der Waals surface area contributed by atoms with E-state index in [1.165, 1.54) is 0 Å². The molecular weight excluding hydrogens is 234 g/mol. The van der Waals surface area contributed by atoms with E-state index in [1.807, 2.05) is 0 Å². The summed E-state index contributed by atoms with van der Waals surface area (Å²) in [5, 5.41) is 2.99. The van der Waals surface area contributed by atoms with E-state index in [4.69, 9.17) is 0 Å². The van der Waals surface area contributed by atoms with E-state index in [1.54, 1.807) is 0 Å². The SMILES string of the molecule is Fc1ccc(C(F)(F)C2CCNCC2)cc1F. The standard InChI is InChI=1S/C12H13F4N/c13-10-2-1-9(7-11(10)14)12(15,16)8-3-5-17-6-4-8/h1-2,7-8,17H,3-6H2. The first-order valence-electron chi connectivity index (χ1n) is 5.56. The van der Waals surface area contributed by atoms with Crippen molar-refractivity contribution in [2.45, 2.75) is 18.8 Å². The lowest BCUT2D eigenvalue weighted by molar-refractivity contribution is -0.0756. The van der Waals surface area contributed by atoms with Gasteiger partial charge in [-0.1, -0.05) is 0 Å². The highest BCUT2D eigenvalue weighted by Gasteiger charge is 2.41. The van der Waals surface area contributed by atoms with Crippen molar-refractivity contribution >= 4 is 0 Å². The first-order valence-corrected chi connectivity index (χ1v) is 5.56. The highest BCUT2D eigenvalue weighted by atomic mass is 19.3. The Morgan fingerprint density at radius 2 is 1.71 bits per heavy atom. The summed E-state index contributed by atoms with van der Waals surface area (Å²) in [6, 6.07) is 2.30. The van der Waals surface area contributed by atoms with E-state index in [0.717, 1.165) is 12.1 Å². The molecule has 94 valence electrons. The Morgan fingerprint density at radius 1 is 1.06 bits per heavy atom. The number of hydrogen-bond donors (Lipinski definition) is 1. The van der Waals surface area contributed by atoms with E-state index >= 15 is 0 Å². The van der Waals surface area contributed by atoms with E-state index in [2.05, 4.69) is 5.32 Å².